The topological polar surface area (TPSA) is 33.6 Å². The molecule has 17 heavy (non-hydrogen) atoms. The monoisotopic (exact) mass is 245 g/mol. The summed E-state index contributed by atoms with van der Waals surface area (Å²) in [6.07, 6.45) is 2.43. The van der Waals surface area contributed by atoms with Gasteiger partial charge in [0.15, 0.2) is 10.6 Å². The van der Waals surface area contributed by atoms with Gasteiger partial charge >= 0.3 is 0 Å². The average molecular weight is 245 g/mol. The molecule has 0 spiro atoms. The molecule has 0 amide bonds. The zero-order valence-electron chi connectivity index (χ0n) is 10.0. The smallest absolute Gasteiger partial charge is 0.195 e. The van der Waals surface area contributed by atoms with Gasteiger partial charge < -0.3 is 0 Å². The Balaban J connectivity index is 2.18. The van der Waals surface area contributed by atoms with Crippen molar-refractivity contribution >= 4 is 12.2 Å². The molecule has 0 saturated heterocycles. The summed E-state index contributed by atoms with van der Waals surface area (Å²) < 4.78 is 2.90. The number of aromatic nitrogens is 3. The molecule has 0 bridgehead atoms. The Bertz CT molecular complexity index is 620. The molecule has 1 heterocycles. The average Bonchev–Trinajstić information content (AvgIpc) is 3.03. The molecule has 1 aromatic carbocycles. The summed E-state index contributed by atoms with van der Waals surface area (Å²) in [5, 5.41) is 7.30. The van der Waals surface area contributed by atoms with Crippen LogP contribution in [0.4, 0.5) is 0 Å². The third kappa shape index (κ3) is 1.82. The van der Waals surface area contributed by atoms with Crippen molar-refractivity contribution in [3.05, 3.63) is 34.1 Å². The molecule has 1 N–H and O–H groups in total. The fourth-order valence-corrected chi connectivity index (χ4v) is 2.51. The van der Waals surface area contributed by atoms with E-state index in [1.807, 2.05) is 0 Å². The van der Waals surface area contributed by atoms with Crippen molar-refractivity contribution in [2.75, 3.05) is 0 Å². The van der Waals surface area contributed by atoms with E-state index in [9.17, 15) is 0 Å². The Hall–Kier alpha value is -1.42. The van der Waals surface area contributed by atoms with Crippen molar-refractivity contribution in [1.29, 1.82) is 0 Å². The molecule has 0 radical (unpaired) electrons. The fourth-order valence-electron chi connectivity index (χ4n) is 2.23. The first-order chi connectivity index (χ1) is 8.16. The van der Waals surface area contributed by atoms with E-state index in [-0.39, 0.29) is 0 Å². The predicted molar refractivity (Wildman–Crippen MR) is 70.6 cm³/mol. The highest BCUT2D eigenvalue weighted by Gasteiger charge is 2.28. The van der Waals surface area contributed by atoms with Crippen LogP contribution in [0, 0.1) is 18.6 Å². The van der Waals surface area contributed by atoms with E-state index in [0.717, 1.165) is 10.6 Å². The van der Waals surface area contributed by atoms with Crippen LogP contribution in [0.5, 0.6) is 0 Å². The second-order valence-electron chi connectivity index (χ2n) is 4.77. The zero-order valence-corrected chi connectivity index (χ0v) is 10.8. The summed E-state index contributed by atoms with van der Waals surface area (Å²) in [6, 6.07) is 6.99. The molecule has 88 valence electrons. The minimum atomic E-state index is 0.553. The molecule has 0 atom stereocenters. The van der Waals surface area contributed by atoms with Gasteiger partial charge in [0.1, 0.15) is 0 Å². The Morgan fingerprint density at radius 2 is 2.12 bits per heavy atom. The van der Waals surface area contributed by atoms with E-state index in [2.05, 4.69) is 46.8 Å². The molecule has 0 unspecified atom stereocenters. The quantitative estimate of drug-likeness (QED) is 0.821. The highest BCUT2D eigenvalue weighted by Crippen LogP contribution is 2.38. The van der Waals surface area contributed by atoms with Gasteiger partial charge in [-0.25, -0.2) is 0 Å². The third-order valence-electron chi connectivity index (χ3n) is 3.24. The summed E-state index contributed by atoms with van der Waals surface area (Å²) in [4.78, 5) is 0. The van der Waals surface area contributed by atoms with E-state index >= 15 is 0 Å². The van der Waals surface area contributed by atoms with E-state index < -0.39 is 0 Å². The zero-order chi connectivity index (χ0) is 12.0. The molecule has 3 nitrogen and oxygen atoms in total. The number of H-pyrrole nitrogens is 1. The van der Waals surface area contributed by atoms with E-state index in [1.54, 1.807) is 0 Å². The number of hydrogen-bond acceptors (Lipinski definition) is 2. The van der Waals surface area contributed by atoms with Gasteiger partial charge in [0.25, 0.3) is 0 Å². The van der Waals surface area contributed by atoms with Gasteiger partial charge in [-0.3, -0.25) is 9.67 Å². The summed E-state index contributed by atoms with van der Waals surface area (Å²) in [6.45, 7) is 4.23. The van der Waals surface area contributed by atoms with Gasteiger partial charge in [0.05, 0.1) is 0 Å². The van der Waals surface area contributed by atoms with Crippen LogP contribution in [0.2, 0.25) is 0 Å². The number of benzene rings is 1. The number of hydrogen-bond donors (Lipinski definition) is 1. The lowest BCUT2D eigenvalue weighted by molar-refractivity contribution is 0.734. The van der Waals surface area contributed by atoms with E-state index in [0.29, 0.717) is 6.04 Å². The van der Waals surface area contributed by atoms with Gasteiger partial charge in [-0.1, -0.05) is 23.8 Å². The molecular formula is C13H15N3S. The van der Waals surface area contributed by atoms with Crippen molar-refractivity contribution < 1.29 is 0 Å². The van der Waals surface area contributed by atoms with Crippen LogP contribution in [0.1, 0.15) is 30.0 Å². The SMILES string of the molecule is Cc1ccc(-c2n[nH]c(=S)n2C2CC2)c(C)c1. The first kappa shape index (κ1) is 10.7. The maximum atomic E-state index is 5.30. The molecule has 1 aromatic heterocycles. The first-order valence-corrected chi connectivity index (χ1v) is 6.32. The minimum Gasteiger partial charge on any atom is -0.297 e. The van der Waals surface area contributed by atoms with Crippen molar-refractivity contribution in [3.8, 4) is 11.4 Å². The highest BCUT2D eigenvalue weighted by molar-refractivity contribution is 7.71. The lowest BCUT2D eigenvalue weighted by Crippen LogP contribution is -1.99. The number of rotatable bonds is 2. The molecule has 2 aromatic rings. The predicted octanol–water partition coefficient (Wildman–Crippen LogP) is 3.56. The van der Waals surface area contributed by atoms with Crippen LogP contribution < -0.4 is 0 Å². The van der Waals surface area contributed by atoms with Gasteiger partial charge in [-0.05, 0) is 44.5 Å². The Morgan fingerprint density at radius 3 is 2.76 bits per heavy atom. The molecule has 1 aliphatic carbocycles. The summed E-state index contributed by atoms with van der Waals surface area (Å²) in [7, 11) is 0. The largest absolute Gasteiger partial charge is 0.297 e. The molecule has 4 heteroatoms. The molecule has 0 aliphatic heterocycles. The second-order valence-corrected chi connectivity index (χ2v) is 5.16. The van der Waals surface area contributed by atoms with Crippen LogP contribution in [0.25, 0.3) is 11.4 Å². The first-order valence-electron chi connectivity index (χ1n) is 5.91. The normalized spacial score (nSPS) is 15.2. The lowest BCUT2D eigenvalue weighted by Gasteiger charge is -2.08. The van der Waals surface area contributed by atoms with Gasteiger partial charge in [-0.15, -0.1) is 0 Å². The van der Waals surface area contributed by atoms with Gasteiger partial charge in [0.2, 0.25) is 0 Å². The maximum absolute atomic E-state index is 5.30. The lowest BCUT2D eigenvalue weighted by atomic mass is 10.1. The molecule has 3 rings (SSSR count). The van der Waals surface area contributed by atoms with E-state index in [1.165, 1.54) is 29.5 Å². The van der Waals surface area contributed by atoms with Crippen molar-refractivity contribution in [1.82, 2.24) is 14.8 Å². The summed E-state index contributed by atoms with van der Waals surface area (Å²) >= 11 is 5.30. The maximum Gasteiger partial charge on any atom is 0.195 e. The minimum absolute atomic E-state index is 0.553. The highest BCUT2D eigenvalue weighted by atomic mass is 32.1. The Morgan fingerprint density at radius 1 is 1.35 bits per heavy atom. The molecule has 1 saturated carbocycles. The summed E-state index contributed by atoms with van der Waals surface area (Å²) in [5.74, 6) is 0.981. The van der Waals surface area contributed by atoms with E-state index in [4.69, 9.17) is 12.2 Å². The molecule has 1 aliphatic rings. The van der Waals surface area contributed by atoms with Crippen molar-refractivity contribution in [2.45, 2.75) is 32.7 Å². The van der Waals surface area contributed by atoms with Crippen molar-refractivity contribution in [3.63, 3.8) is 0 Å². The molecular weight excluding hydrogens is 230 g/mol. The third-order valence-corrected chi connectivity index (χ3v) is 3.53. The van der Waals surface area contributed by atoms with Crippen LogP contribution in [0.3, 0.4) is 0 Å². The number of nitrogens with zero attached hydrogens (tertiary/aromatic N) is 2. The number of aromatic amines is 1. The van der Waals surface area contributed by atoms with Crippen LogP contribution in [0.15, 0.2) is 18.2 Å². The number of aryl methyl sites for hydroxylation is 2. The van der Waals surface area contributed by atoms with Gasteiger partial charge in [-0.2, -0.15) is 5.10 Å². The summed E-state index contributed by atoms with van der Waals surface area (Å²) in [5.41, 5.74) is 3.70. The Kier molecular flexibility index (Phi) is 2.40. The van der Waals surface area contributed by atoms with Crippen LogP contribution in [-0.2, 0) is 0 Å². The Labute approximate surface area is 105 Å². The van der Waals surface area contributed by atoms with Crippen molar-refractivity contribution in [2.24, 2.45) is 0 Å². The second kappa shape index (κ2) is 3.81. The molecule has 1 fully saturated rings. The standard InChI is InChI=1S/C13H15N3S/c1-8-3-6-11(9(2)7-8)12-14-15-13(17)16(12)10-4-5-10/h3,6-7,10H,4-5H2,1-2H3,(H,15,17). The fraction of sp³-hybridized carbons (Fsp3) is 0.385. The van der Waals surface area contributed by atoms with Crippen LogP contribution in [-0.4, -0.2) is 14.8 Å². The van der Waals surface area contributed by atoms with Gasteiger partial charge in [0, 0.05) is 11.6 Å². The van der Waals surface area contributed by atoms with Crippen LogP contribution >= 0.6 is 12.2 Å². The number of nitrogens with one attached hydrogen (secondary N) is 1.